The second-order valence-corrected chi connectivity index (χ2v) is 9.03. The first-order valence-corrected chi connectivity index (χ1v) is 10.1. The van der Waals surface area contributed by atoms with Crippen molar-refractivity contribution >= 4 is 15.8 Å². The highest BCUT2D eigenvalue weighted by atomic mass is 32.2. The first-order valence-electron chi connectivity index (χ1n) is 8.63. The Balaban J connectivity index is 1.58. The summed E-state index contributed by atoms with van der Waals surface area (Å²) in [6.07, 6.45) is 5.33. The van der Waals surface area contributed by atoms with E-state index in [2.05, 4.69) is 10.2 Å². The van der Waals surface area contributed by atoms with Gasteiger partial charge >= 0.3 is 0 Å². The molecule has 2 aliphatic rings. The molecule has 0 bridgehead atoms. The number of ether oxygens (including phenoxy) is 1. The third-order valence-electron chi connectivity index (χ3n) is 4.81. The highest BCUT2D eigenvalue weighted by Gasteiger charge is 2.38. The van der Waals surface area contributed by atoms with Crippen molar-refractivity contribution in [1.82, 2.24) is 14.5 Å². The van der Waals surface area contributed by atoms with Crippen LogP contribution in [0.15, 0.2) is 12.1 Å². The normalized spacial score (nSPS) is 23.3. The van der Waals surface area contributed by atoms with Crippen molar-refractivity contribution in [1.29, 1.82) is 0 Å². The van der Waals surface area contributed by atoms with Gasteiger partial charge in [0.05, 0.1) is 11.8 Å². The molecule has 0 radical (unpaired) electrons. The molecule has 8 heteroatoms. The molecule has 1 atom stereocenters. The quantitative estimate of drug-likeness (QED) is 0.800. The van der Waals surface area contributed by atoms with E-state index in [1.54, 1.807) is 10.4 Å². The summed E-state index contributed by atoms with van der Waals surface area (Å²) >= 11 is 0. The molecule has 134 valence electrons. The SMILES string of the molecule is CN(C)c1ccc(O[C@H]2CCN(S(=O)(=O)C3CCCCC3)C2)nn1. The van der Waals surface area contributed by atoms with E-state index in [-0.39, 0.29) is 11.4 Å². The monoisotopic (exact) mass is 354 g/mol. The smallest absolute Gasteiger partial charge is 0.233 e. The lowest BCUT2D eigenvalue weighted by Crippen LogP contribution is -2.39. The first-order chi connectivity index (χ1) is 11.5. The molecule has 3 rings (SSSR count). The summed E-state index contributed by atoms with van der Waals surface area (Å²) in [6, 6.07) is 3.62. The molecule has 0 aromatic carbocycles. The minimum Gasteiger partial charge on any atom is -0.472 e. The molecule has 1 saturated heterocycles. The van der Waals surface area contributed by atoms with Crippen LogP contribution < -0.4 is 9.64 Å². The van der Waals surface area contributed by atoms with E-state index >= 15 is 0 Å². The van der Waals surface area contributed by atoms with Gasteiger partial charge in [-0.05, 0) is 25.3 Å². The molecule has 2 fully saturated rings. The van der Waals surface area contributed by atoms with Crippen molar-refractivity contribution in [3.63, 3.8) is 0 Å². The first kappa shape index (κ1) is 17.4. The van der Waals surface area contributed by atoms with E-state index in [0.717, 1.165) is 37.9 Å². The van der Waals surface area contributed by atoms with Gasteiger partial charge in [0.1, 0.15) is 6.10 Å². The van der Waals surface area contributed by atoms with E-state index in [1.165, 1.54) is 0 Å². The number of rotatable bonds is 5. The maximum Gasteiger partial charge on any atom is 0.233 e. The summed E-state index contributed by atoms with van der Waals surface area (Å²) in [4.78, 5) is 1.87. The summed E-state index contributed by atoms with van der Waals surface area (Å²) in [5, 5.41) is 7.93. The number of hydrogen-bond acceptors (Lipinski definition) is 6. The Labute approximate surface area is 144 Å². The standard InChI is InChI=1S/C16H26N4O3S/c1-19(2)15-8-9-16(18-17-15)23-13-10-11-20(12-13)24(21,22)14-6-4-3-5-7-14/h8-9,13-14H,3-7,10-12H2,1-2H3/t13-/m0/s1. The largest absolute Gasteiger partial charge is 0.472 e. The van der Waals surface area contributed by atoms with Crippen LogP contribution >= 0.6 is 0 Å². The molecule has 0 unspecified atom stereocenters. The van der Waals surface area contributed by atoms with Crippen molar-refractivity contribution in [2.45, 2.75) is 49.9 Å². The third-order valence-corrected chi connectivity index (χ3v) is 7.18. The molecular weight excluding hydrogens is 328 g/mol. The van der Waals surface area contributed by atoms with Crippen molar-refractivity contribution in [3.05, 3.63) is 12.1 Å². The fourth-order valence-electron chi connectivity index (χ4n) is 3.38. The van der Waals surface area contributed by atoms with Gasteiger partial charge in [-0.15, -0.1) is 10.2 Å². The van der Waals surface area contributed by atoms with Gasteiger partial charge in [0.25, 0.3) is 0 Å². The van der Waals surface area contributed by atoms with E-state index < -0.39 is 10.0 Å². The Morgan fingerprint density at radius 2 is 1.88 bits per heavy atom. The lowest BCUT2D eigenvalue weighted by atomic mass is 10.0. The molecule has 0 amide bonds. The zero-order valence-electron chi connectivity index (χ0n) is 14.4. The average molecular weight is 354 g/mol. The Kier molecular flexibility index (Phi) is 5.24. The maximum absolute atomic E-state index is 12.7. The van der Waals surface area contributed by atoms with Crippen LogP contribution in [0.3, 0.4) is 0 Å². The van der Waals surface area contributed by atoms with Crippen molar-refractivity contribution in [3.8, 4) is 5.88 Å². The molecule has 1 saturated carbocycles. The van der Waals surface area contributed by atoms with Gasteiger partial charge in [-0.3, -0.25) is 0 Å². The predicted octanol–water partition coefficient (Wildman–Crippen LogP) is 1.66. The second kappa shape index (κ2) is 7.23. The number of sulfonamides is 1. The summed E-state index contributed by atoms with van der Waals surface area (Å²) in [7, 11) is 0.602. The Morgan fingerprint density at radius 3 is 2.50 bits per heavy atom. The molecule has 2 heterocycles. The van der Waals surface area contributed by atoms with Crippen LogP contribution in [-0.2, 0) is 10.0 Å². The van der Waals surface area contributed by atoms with Crippen LogP contribution in [0.4, 0.5) is 5.82 Å². The van der Waals surface area contributed by atoms with E-state index in [4.69, 9.17) is 4.74 Å². The van der Waals surface area contributed by atoms with Gasteiger partial charge in [-0.1, -0.05) is 19.3 Å². The van der Waals surface area contributed by atoms with E-state index in [1.807, 2.05) is 25.1 Å². The predicted molar refractivity (Wildman–Crippen MR) is 92.8 cm³/mol. The average Bonchev–Trinajstić information content (AvgIpc) is 3.05. The van der Waals surface area contributed by atoms with Gasteiger partial charge in [-0.2, -0.15) is 4.31 Å². The molecule has 1 aromatic rings. The van der Waals surface area contributed by atoms with Crippen molar-refractivity contribution in [2.75, 3.05) is 32.1 Å². The molecule has 0 N–H and O–H groups in total. The van der Waals surface area contributed by atoms with Gasteiger partial charge < -0.3 is 9.64 Å². The number of nitrogens with zero attached hydrogens (tertiary/aromatic N) is 4. The second-order valence-electron chi connectivity index (χ2n) is 6.82. The summed E-state index contributed by atoms with van der Waals surface area (Å²) in [5.41, 5.74) is 0. The van der Waals surface area contributed by atoms with Gasteiger partial charge in [0.15, 0.2) is 5.82 Å². The lowest BCUT2D eigenvalue weighted by Gasteiger charge is -2.26. The highest BCUT2D eigenvalue weighted by Crippen LogP contribution is 2.29. The third kappa shape index (κ3) is 3.80. The highest BCUT2D eigenvalue weighted by molar-refractivity contribution is 7.89. The van der Waals surface area contributed by atoms with E-state index in [9.17, 15) is 8.42 Å². The zero-order chi connectivity index (χ0) is 17.2. The maximum atomic E-state index is 12.7. The molecule has 1 aliphatic heterocycles. The lowest BCUT2D eigenvalue weighted by molar-refractivity contribution is 0.204. The fraction of sp³-hybridized carbons (Fsp3) is 0.750. The minimum atomic E-state index is -3.19. The molecular formula is C16H26N4O3S. The van der Waals surface area contributed by atoms with Gasteiger partial charge in [-0.25, -0.2) is 8.42 Å². The Hall–Kier alpha value is -1.41. The number of hydrogen-bond donors (Lipinski definition) is 0. The fourth-order valence-corrected chi connectivity index (χ4v) is 5.47. The van der Waals surface area contributed by atoms with Crippen molar-refractivity contribution in [2.24, 2.45) is 0 Å². The summed E-state index contributed by atoms with van der Waals surface area (Å²) in [5.74, 6) is 1.21. The van der Waals surface area contributed by atoms with Crippen LogP contribution in [-0.4, -0.2) is 61.5 Å². The summed E-state index contributed by atoms with van der Waals surface area (Å²) < 4.78 is 32.9. The van der Waals surface area contributed by atoms with E-state index in [0.29, 0.717) is 25.4 Å². The summed E-state index contributed by atoms with van der Waals surface area (Å²) in [6.45, 7) is 0.947. The molecule has 24 heavy (non-hydrogen) atoms. The van der Waals surface area contributed by atoms with Crippen LogP contribution in [0.25, 0.3) is 0 Å². The van der Waals surface area contributed by atoms with Crippen LogP contribution in [0.1, 0.15) is 38.5 Å². The molecule has 7 nitrogen and oxygen atoms in total. The van der Waals surface area contributed by atoms with Crippen molar-refractivity contribution < 1.29 is 13.2 Å². The van der Waals surface area contributed by atoms with Crippen LogP contribution in [0.2, 0.25) is 0 Å². The number of anilines is 1. The van der Waals surface area contributed by atoms with Crippen LogP contribution in [0, 0.1) is 0 Å². The van der Waals surface area contributed by atoms with Crippen LogP contribution in [0.5, 0.6) is 5.88 Å². The molecule has 0 spiro atoms. The molecule has 1 aliphatic carbocycles. The van der Waals surface area contributed by atoms with Gasteiger partial charge in [0.2, 0.25) is 15.9 Å². The zero-order valence-corrected chi connectivity index (χ0v) is 15.2. The number of aromatic nitrogens is 2. The Bertz CT molecular complexity index is 642. The topological polar surface area (TPSA) is 75.6 Å². The van der Waals surface area contributed by atoms with Gasteiger partial charge in [0, 0.05) is 26.7 Å². The minimum absolute atomic E-state index is 0.150. The molecule has 1 aromatic heterocycles. The Morgan fingerprint density at radius 1 is 1.12 bits per heavy atom.